The Morgan fingerprint density at radius 1 is 0.969 bits per heavy atom. The fourth-order valence-corrected chi connectivity index (χ4v) is 4.22. The minimum absolute atomic E-state index is 0.177. The van der Waals surface area contributed by atoms with Crippen LogP contribution < -0.4 is 4.90 Å². The second-order valence-electron chi connectivity index (χ2n) is 8.03. The molecule has 0 saturated carbocycles. The van der Waals surface area contributed by atoms with Crippen molar-refractivity contribution in [2.45, 2.75) is 18.8 Å². The molecule has 1 saturated heterocycles. The lowest BCUT2D eigenvalue weighted by Crippen LogP contribution is -2.39. The number of anilines is 1. The standard InChI is InChI=1S/C23H19F2N7/c24-23(25)6-10-32(11-7-23)22-20-18(5-9-27-22)28-21(29-20)19-16-12-14(3-4-17(16)30-31-19)15-2-1-8-26-13-15/h1-5,8-9,12-13H,6-7,10-11H2,(H,28,29)(H,30,31). The lowest BCUT2D eigenvalue weighted by molar-refractivity contribution is -0.0221. The number of alkyl halides is 2. The summed E-state index contributed by atoms with van der Waals surface area (Å²) in [6.45, 7) is 0.502. The second kappa shape index (κ2) is 7.08. The number of nitrogens with one attached hydrogen (secondary N) is 2. The first-order chi connectivity index (χ1) is 15.6. The van der Waals surface area contributed by atoms with Gasteiger partial charge in [-0.1, -0.05) is 12.1 Å². The Hall–Kier alpha value is -3.88. The maximum atomic E-state index is 13.6. The fourth-order valence-electron chi connectivity index (χ4n) is 4.22. The highest BCUT2D eigenvalue weighted by atomic mass is 19.3. The van der Waals surface area contributed by atoms with Gasteiger partial charge in [-0.05, 0) is 29.8 Å². The summed E-state index contributed by atoms with van der Waals surface area (Å²) in [5, 5.41) is 8.48. The second-order valence-corrected chi connectivity index (χ2v) is 8.03. The lowest BCUT2D eigenvalue weighted by atomic mass is 10.0. The summed E-state index contributed by atoms with van der Waals surface area (Å²) in [4.78, 5) is 18.6. The van der Waals surface area contributed by atoms with Crippen LogP contribution in [0.4, 0.5) is 14.6 Å². The third-order valence-electron chi connectivity index (χ3n) is 5.96. The van der Waals surface area contributed by atoms with Crippen molar-refractivity contribution in [3.05, 3.63) is 55.0 Å². The van der Waals surface area contributed by atoms with Crippen molar-refractivity contribution in [1.29, 1.82) is 0 Å². The van der Waals surface area contributed by atoms with Crippen LogP contribution in [-0.2, 0) is 0 Å². The number of halogens is 2. The maximum Gasteiger partial charge on any atom is 0.251 e. The lowest BCUT2D eigenvalue weighted by Gasteiger charge is -2.32. The number of aromatic amines is 2. The fraction of sp³-hybridized carbons (Fsp3) is 0.217. The highest BCUT2D eigenvalue weighted by molar-refractivity contribution is 5.97. The largest absolute Gasteiger partial charge is 0.354 e. The number of fused-ring (bicyclic) bond motifs is 2. The van der Waals surface area contributed by atoms with Crippen molar-refractivity contribution in [2.75, 3.05) is 18.0 Å². The van der Waals surface area contributed by atoms with E-state index in [0.717, 1.165) is 27.5 Å². The summed E-state index contributed by atoms with van der Waals surface area (Å²) >= 11 is 0. The normalized spacial score (nSPS) is 16.1. The van der Waals surface area contributed by atoms with E-state index in [4.69, 9.17) is 4.98 Å². The molecule has 7 nitrogen and oxygen atoms in total. The van der Waals surface area contributed by atoms with Crippen LogP contribution in [0.5, 0.6) is 0 Å². The molecule has 160 valence electrons. The number of hydrogen-bond acceptors (Lipinski definition) is 5. The Bertz CT molecular complexity index is 1410. The topological polar surface area (TPSA) is 86.4 Å². The van der Waals surface area contributed by atoms with Gasteiger partial charge >= 0.3 is 0 Å². The number of hydrogen-bond donors (Lipinski definition) is 2. The van der Waals surface area contributed by atoms with Crippen molar-refractivity contribution < 1.29 is 8.78 Å². The van der Waals surface area contributed by atoms with Gasteiger partial charge in [0.2, 0.25) is 0 Å². The van der Waals surface area contributed by atoms with E-state index in [1.54, 1.807) is 12.4 Å². The van der Waals surface area contributed by atoms with Gasteiger partial charge in [0.25, 0.3) is 5.92 Å². The number of piperidine rings is 1. The van der Waals surface area contributed by atoms with E-state index in [9.17, 15) is 8.78 Å². The van der Waals surface area contributed by atoms with Gasteiger partial charge in [-0.25, -0.2) is 18.7 Å². The van der Waals surface area contributed by atoms with E-state index in [-0.39, 0.29) is 25.9 Å². The Morgan fingerprint density at radius 2 is 1.84 bits per heavy atom. The van der Waals surface area contributed by atoms with Crippen LogP contribution in [0.3, 0.4) is 0 Å². The molecule has 1 aromatic carbocycles. The SMILES string of the molecule is FC1(F)CCN(c2nccc3[nH]c(-c4n[nH]c5ccc(-c6cccnc6)cc45)nc23)CC1. The zero-order valence-corrected chi connectivity index (χ0v) is 17.0. The van der Waals surface area contributed by atoms with Gasteiger partial charge in [-0.2, -0.15) is 5.10 Å². The summed E-state index contributed by atoms with van der Waals surface area (Å²) in [5.41, 5.74) is 5.08. The van der Waals surface area contributed by atoms with Gasteiger partial charge in [0.05, 0.1) is 11.0 Å². The van der Waals surface area contributed by atoms with Crippen molar-refractivity contribution in [1.82, 2.24) is 30.1 Å². The van der Waals surface area contributed by atoms with Crippen LogP contribution in [0.2, 0.25) is 0 Å². The minimum Gasteiger partial charge on any atom is -0.354 e. The van der Waals surface area contributed by atoms with Gasteiger partial charge in [0, 0.05) is 55.5 Å². The quantitative estimate of drug-likeness (QED) is 0.429. The number of rotatable bonds is 3. The van der Waals surface area contributed by atoms with Gasteiger partial charge in [0.1, 0.15) is 11.2 Å². The van der Waals surface area contributed by atoms with Gasteiger partial charge in [-0.3, -0.25) is 10.1 Å². The molecule has 1 aliphatic heterocycles. The highest BCUT2D eigenvalue weighted by Crippen LogP contribution is 2.34. The number of aromatic nitrogens is 6. The molecule has 0 aliphatic carbocycles. The molecule has 5 heterocycles. The van der Waals surface area contributed by atoms with E-state index in [1.165, 1.54) is 0 Å². The molecule has 1 aliphatic rings. The summed E-state index contributed by atoms with van der Waals surface area (Å²) < 4.78 is 27.2. The maximum absolute atomic E-state index is 13.6. The smallest absolute Gasteiger partial charge is 0.251 e. The molecule has 0 unspecified atom stereocenters. The molecule has 0 amide bonds. The summed E-state index contributed by atoms with van der Waals surface area (Å²) in [7, 11) is 0. The Morgan fingerprint density at radius 3 is 2.66 bits per heavy atom. The number of pyridine rings is 2. The van der Waals surface area contributed by atoms with Crippen LogP contribution in [0, 0.1) is 0 Å². The number of H-pyrrole nitrogens is 2. The average Bonchev–Trinajstić information content (AvgIpc) is 3.43. The Kier molecular flexibility index (Phi) is 4.17. The first-order valence-electron chi connectivity index (χ1n) is 10.4. The molecular formula is C23H19F2N7. The zero-order chi connectivity index (χ0) is 21.7. The summed E-state index contributed by atoms with van der Waals surface area (Å²) in [6, 6.07) is 11.8. The molecule has 32 heavy (non-hydrogen) atoms. The highest BCUT2D eigenvalue weighted by Gasteiger charge is 2.35. The number of imidazole rings is 1. The first kappa shape index (κ1) is 18.9. The van der Waals surface area contributed by atoms with Crippen LogP contribution in [0.15, 0.2) is 55.0 Å². The van der Waals surface area contributed by atoms with E-state index < -0.39 is 5.92 Å². The van der Waals surface area contributed by atoms with Crippen LogP contribution in [0.25, 0.3) is 44.6 Å². The van der Waals surface area contributed by atoms with E-state index >= 15 is 0 Å². The average molecular weight is 431 g/mol. The van der Waals surface area contributed by atoms with Crippen molar-refractivity contribution in [2.24, 2.45) is 0 Å². The third kappa shape index (κ3) is 3.17. The molecule has 0 spiro atoms. The molecule has 2 N–H and O–H groups in total. The van der Waals surface area contributed by atoms with E-state index in [1.807, 2.05) is 41.4 Å². The minimum atomic E-state index is -2.61. The molecular weight excluding hydrogens is 412 g/mol. The summed E-state index contributed by atoms with van der Waals surface area (Å²) in [6.07, 6.45) is 4.89. The van der Waals surface area contributed by atoms with E-state index in [2.05, 4.69) is 31.2 Å². The third-order valence-corrected chi connectivity index (χ3v) is 5.96. The van der Waals surface area contributed by atoms with Crippen molar-refractivity contribution in [3.63, 3.8) is 0 Å². The first-order valence-corrected chi connectivity index (χ1v) is 10.4. The molecule has 6 rings (SSSR count). The van der Waals surface area contributed by atoms with Crippen LogP contribution in [-0.4, -0.2) is 49.1 Å². The van der Waals surface area contributed by atoms with Crippen LogP contribution in [0.1, 0.15) is 12.8 Å². The van der Waals surface area contributed by atoms with E-state index in [0.29, 0.717) is 22.9 Å². The zero-order valence-electron chi connectivity index (χ0n) is 17.0. The molecule has 5 aromatic rings. The van der Waals surface area contributed by atoms with Crippen LogP contribution >= 0.6 is 0 Å². The molecule has 1 fully saturated rings. The van der Waals surface area contributed by atoms with Gasteiger partial charge in [0.15, 0.2) is 11.6 Å². The molecule has 4 aromatic heterocycles. The van der Waals surface area contributed by atoms with Crippen molar-refractivity contribution >= 4 is 27.8 Å². The predicted octanol–water partition coefficient (Wildman–Crippen LogP) is 4.80. The van der Waals surface area contributed by atoms with Gasteiger partial charge < -0.3 is 9.88 Å². The molecule has 0 radical (unpaired) electrons. The van der Waals surface area contributed by atoms with Gasteiger partial charge in [-0.15, -0.1) is 0 Å². The predicted molar refractivity (Wildman–Crippen MR) is 119 cm³/mol. The molecule has 0 bridgehead atoms. The summed E-state index contributed by atoms with van der Waals surface area (Å²) in [5.74, 6) is -1.39. The number of nitrogens with zero attached hydrogens (tertiary/aromatic N) is 5. The Balaban J connectivity index is 1.42. The Labute approximate surface area is 181 Å². The monoisotopic (exact) mass is 431 g/mol. The number of benzene rings is 1. The molecule has 9 heteroatoms. The molecule has 0 atom stereocenters. The van der Waals surface area contributed by atoms with Crippen molar-refractivity contribution in [3.8, 4) is 22.6 Å².